The average Bonchev–Trinajstić information content (AvgIpc) is 3.05. The lowest BCUT2D eigenvalue weighted by atomic mass is 10.1. The molecule has 0 fully saturated rings. The van der Waals surface area contributed by atoms with Gasteiger partial charge in [0.25, 0.3) is 0 Å². The molecule has 128 valence electrons. The van der Waals surface area contributed by atoms with E-state index in [1.165, 1.54) is 0 Å². The largest absolute Gasteiger partial charge is 0.497 e. The average molecular weight is 338 g/mol. The summed E-state index contributed by atoms with van der Waals surface area (Å²) in [5, 5.41) is 9.19. The summed E-state index contributed by atoms with van der Waals surface area (Å²) in [6.45, 7) is 0. The third-order valence-corrected chi connectivity index (χ3v) is 3.88. The Balaban J connectivity index is 2.02. The monoisotopic (exact) mass is 338 g/mol. The Labute approximate surface area is 145 Å². The van der Waals surface area contributed by atoms with Crippen molar-refractivity contribution >= 4 is 5.97 Å². The zero-order valence-corrected chi connectivity index (χ0v) is 14.0. The van der Waals surface area contributed by atoms with Crippen LogP contribution in [0.4, 0.5) is 0 Å². The van der Waals surface area contributed by atoms with Gasteiger partial charge in [-0.3, -0.25) is 4.79 Å². The topological polar surface area (TPSA) is 68.9 Å². The van der Waals surface area contributed by atoms with Crippen molar-refractivity contribution in [2.75, 3.05) is 14.2 Å². The summed E-state index contributed by atoms with van der Waals surface area (Å²) in [6, 6.07) is 16.5. The number of furan rings is 1. The molecule has 0 aliphatic carbocycles. The van der Waals surface area contributed by atoms with Gasteiger partial charge < -0.3 is 19.0 Å². The van der Waals surface area contributed by atoms with Crippen molar-refractivity contribution in [2.45, 2.75) is 6.42 Å². The molecule has 0 radical (unpaired) electrons. The molecule has 25 heavy (non-hydrogen) atoms. The standard InChI is InChI=1S/C20H18O5/c1-23-16-7-3-13(4-8-16)18-11-15(12-19(21)22)20(25-18)14-5-9-17(24-2)10-6-14/h3-11H,12H2,1-2H3,(H,21,22). The van der Waals surface area contributed by atoms with Crippen molar-refractivity contribution in [2.24, 2.45) is 0 Å². The zero-order chi connectivity index (χ0) is 17.8. The third kappa shape index (κ3) is 3.66. The Hall–Kier alpha value is -3.21. The summed E-state index contributed by atoms with van der Waals surface area (Å²) >= 11 is 0. The highest BCUT2D eigenvalue weighted by Crippen LogP contribution is 2.34. The van der Waals surface area contributed by atoms with E-state index < -0.39 is 5.97 Å². The maximum atomic E-state index is 11.2. The molecule has 5 nitrogen and oxygen atoms in total. The number of ether oxygens (including phenoxy) is 2. The van der Waals surface area contributed by atoms with E-state index in [-0.39, 0.29) is 6.42 Å². The van der Waals surface area contributed by atoms with E-state index in [9.17, 15) is 9.90 Å². The smallest absolute Gasteiger partial charge is 0.307 e. The van der Waals surface area contributed by atoms with Crippen molar-refractivity contribution in [1.29, 1.82) is 0 Å². The number of carboxylic acids is 1. The molecule has 5 heteroatoms. The van der Waals surface area contributed by atoms with Gasteiger partial charge in [-0.1, -0.05) is 0 Å². The van der Waals surface area contributed by atoms with Crippen LogP contribution in [0.25, 0.3) is 22.6 Å². The molecular weight excluding hydrogens is 320 g/mol. The van der Waals surface area contributed by atoms with Crippen molar-refractivity contribution in [3.05, 3.63) is 60.2 Å². The van der Waals surface area contributed by atoms with E-state index in [0.717, 1.165) is 22.6 Å². The summed E-state index contributed by atoms with van der Waals surface area (Å²) in [5.41, 5.74) is 2.28. The van der Waals surface area contributed by atoms with Crippen LogP contribution >= 0.6 is 0 Å². The molecule has 0 bridgehead atoms. The van der Waals surface area contributed by atoms with Gasteiger partial charge in [-0.2, -0.15) is 0 Å². The first-order chi connectivity index (χ1) is 12.1. The van der Waals surface area contributed by atoms with Gasteiger partial charge in [0.05, 0.1) is 20.6 Å². The number of benzene rings is 2. The van der Waals surface area contributed by atoms with Gasteiger partial charge in [-0.25, -0.2) is 0 Å². The normalized spacial score (nSPS) is 10.5. The van der Waals surface area contributed by atoms with Crippen LogP contribution in [-0.2, 0) is 11.2 Å². The van der Waals surface area contributed by atoms with Crippen molar-refractivity contribution in [1.82, 2.24) is 0 Å². The highest BCUT2D eigenvalue weighted by atomic mass is 16.5. The number of hydrogen-bond acceptors (Lipinski definition) is 4. The van der Waals surface area contributed by atoms with Crippen LogP contribution in [0.1, 0.15) is 5.56 Å². The van der Waals surface area contributed by atoms with E-state index >= 15 is 0 Å². The van der Waals surface area contributed by atoms with E-state index in [4.69, 9.17) is 13.9 Å². The highest BCUT2D eigenvalue weighted by molar-refractivity contribution is 5.77. The van der Waals surface area contributed by atoms with Crippen LogP contribution in [0.15, 0.2) is 59.0 Å². The minimum absolute atomic E-state index is 0.110. The van der Waals surface area contributed by atoms with E-state index in [2.05, 4.69) is 0 Å². The summed E-state index contributed by atoms with van der Waals surface area (Å²) in [6.07, 6.45) is -0.110. The van der Waals surface area contributed by atoms with E-state index in [0.29, 0.717) is 17.1 Å². The molecule has 1 heterocycles. The van der Waals surface area contributed by atoms with Gasteiger partial charge in [0.15, 0.2) is 0 Å². The predicted molar refractivity (Wildman–Crippen MR) is 94.0 cm³/mol. The SMILES string of the molecule is COc1ccc(-c2cc(CC(=O)O)c(-c3ccc(OC)cc3)o2)cc1. The van der Waals surface area contributed by atoms with Gasteiger partial charge in [0.1, 0.15) is 23.0 Å². The van der Waals surface area contributed by atoms with Gasteiger partial charge in [0.2, 0.25) is 0 Å². The van der Waals surface area contributed by atoms with Gasteiger partial charge in [0, 0.05) is 16.7 Å². The minimum Gasteiger partial charge on any atom is -0.497 e. The zero-order valence-electron chi connectivity index (χ0n) is 14.0. The molecule has 0 saturated carbocycles. The molecule has 1 N–H and O–H groups in total. The lowest BCUT2D eigenvalue weighted by Gasteiger charge is -2.03. The van der Waals surface area contributed by atoms with Crippen LogP contribution in [0.3, 0.4) is 0 Å². The summed E-state index contributed by atoms with van der Waals surface area (Å²) in [4.78, 5) is 11.2. The molecule has 0 amide bonds. The second-order valence-corrected chi connectivity index (χ2v) is 5.49. The Bertz CT molecular complexity index is 860. The van der Waals surface area contributed by atoms with Crippen LogP contribution in [-0.4, -0.2) is 25.3 Å². The second-order valence-electron chi connectivity index (χ2n) is 5.49. The van der Waals surface area contributed by atoms with Crippen LogP contribution < -0.4 is 9.47 Å². The van der Waals surface area contributed by atoms with E-state index in [1.54, 1.807) is 20.3 Å². The second kappa shape index (κ2) is 7.13. The molecule has 3 aromatic rings. The maximum absolute atomic E-state index is 11.2. The summed E-state index contributed by atoms with van der Waals surface area (Å²) < 4.78 is 16.3. The number of rotatable bonds is 6. The first kappa shape index (κ1) is 16.6. The number of carbonyl (C=O) groups is 1. The van der Waals surface area contributed by atoms with Crippen molar-refractivity contribution in [3.8, 4) is 34.1 Å². The summed E-state index contributed by atoms with van der Waals surface area (Å²) in [7, 11) is 3.20. The molecule has 0 spiro atoms. The lowest BCUT2D eigenvalue weighted by molar-refractivity contribution is -0.136. The molecule has 0 aliphatic rings. The van der Waals surface area contributed by atoms with Crippen LogP contribution in [0, 0.1) is 0 Å². The third-order valence-electron chi connectivity index (χ3n) is 3.88. The lowest BCUT2D eigenvalue weighted by Crippen LogP contribution is -1.99. The summed E-state index contributed by atoms with van der Waals surface area (Å²) in [5.74, 6) is 1.74. The molecule has 1 aromatic heterocycles. The Kier molecular flexibility index (Phi) is 4.75. The van der Waals surface area contributed by atoms with Gasteiger partial charge in [-0.15, -0.1) is 0 Å². The van der Waals surface area contributed by atoms with Gasteiger partial charge >= 0.3 is 5.97 Å². The van der Waals surface area contributed by atoms with Crippen LogP contribution in [0.5, 0.6) is 11.5 Å². The number of carboxylic acid groups (broad SMARTS) is 1. The Morgan fingerprint density at radius 1 is 0.920 bits per heavy atom. The number of methoxy groups -OCH3 is 2. The van der Waals surface area contributed by atoms with E-state index in [1.807, 2.05) is 48.5 Å². The molecule has 0 atom stereocenters. The molecule has 0 saturated heterocycles. The molecule has 0 unspecified atom stereocenters. The predicted octanol–water partition coefficient (Wildman–Crippen LogP) is 4.26. The first-order valence-corrected chi connectivity index (χ1v) is 7.74. The Morgan fingerprint density at radius 2 is 1.44 bits per heavy atom. The highest BCUT2D eigenvalue weighted by Gasteiger charge is 2.17. The van der Waals surface area contributed by atoms with Crippen molar-refractivity contribution in [3.63, 3.8) is 0 Å². The fourth-order valence-corrected chi connectivity index (χ4v) is 2.61. The molecular formula is C20H18O5. The molecule has 2 aromatic carbocycles. The maximum Gasteiger partial charge on any atom is 0.307 e. The number of hydrogen-bond donors (Lipinski definition) is 1. The van der Waals surface area contributed by atoms with Gasteiger partial charge in [-0.05, 0) is 54.6 Å². The van der Waals surface area contributed by atoms with Crippen molar-refractivity contribution < 1.29 is 23.8 Å². The fraction of sp³-hybridized carbons (Fsp3) is 0.150. The molecule has 3 rings (SSSR count). The van der Waals surface area contributed by atoms with Crippen LogP contribution in [0.2, 0.25) is 0 Å². The minimum atomic E-state index is -0.906. The quantitative estimate of drug-likeness (QED) is 0.727. The fourth-order valence-electron chi connectivity index (χ4n) is 2.61. The first-order valence-electron chi connectivity index (χ1n) is 7.74. The molecule has 0 aliphatic heterocycles. The number of aliphatic carboxylic acids is 1. The Morgan fingerprint density at radius 3 is 1.92 bits per heavy atom.